The number of piperazine rings is 1. The maximum Gasteiger partial charge on any atom is 0.237 e. The summed E-state index contributed by atoms with van der Waals surface area (Å²) in [6.07, 6.45) is 0.0605. The van der Waals surface area contributed by atoms with Crippen LogP contribution in [-0.2, 0) is 22.7 Å². The molecule has 4 rings (SSSR count). The number of carbonyl (C=O) groups excluding carboxylic acids is 2. The molecule has 1 saturated heterocycles. The lowest BCUT2D eigenvalue weighted by molar-refractivity contribution is -0.134. The molecule has 0 spiro atoms. The summed E-state index contributed by atoms with van der Waals surface area (Å²) in [4.78, 5) is 27.2. The van der Waals surface area contributed by atoms with E-state index in [1.54, 1.807) is 19.1 Å². The molecule has 0 bridgehead atoms. The Morgan fingerprint density at radius 2 is 1.97 bits per heavy atom. The second kappa shape index (κ2) is 9.27. The van der Waals surface area contributed by atoms with Crippen molar-refractivity contribution in [1.29, 1.82) is 0 Å². The molecule has 0 saturated carbocycles. The average molecular weight is 420 g/mol. The van der Waals surface area contributed by atoms with Crippen molar-refractivity contribution in [1.82, 2.24) is 15.5 Å². The first-order chi connectivity index (χ1) is 15.0. The van der Waals surface area contributed by atoms with Gasteiger partial charge in [-0.25, -0.2) is 4.39 Å². The van der Waals surface area contributed by atoms with Crippen molar-refractivity contribution in [2.45, 2.75) is 32.5 Å². The van der Waals surface area contributed by atoms with E-state index in [0.29, 0.717) is 30.8 Å². The van der Waals surface area contributed by atoms with Crippen molar-refractivity contribution in [2.75, 3.05) is 13.1 Å². The van der Waals surface area contributed by atoms with Gasteiger partial charge in [0.1, 0.15) is 5.82 Å². The third kappa shape index (κ3) is 4.91. The molecule has 31 heavy (non-hydrogen) atoms. The molecular weight excluding hydrogens is 393 g/mol. The summed E-state index contributed by atoms with van der Waals surface area (Å²) in [6.45, 7) is 3.76. The SMILES string of the molecule is Cc1ccc(CNC(=O)C[C@H]2C(=O)NCCN2Cc2cccc3ccccc23)cc1F. The van der Waals surface area contributed by atoms with Crippen LogP contribution in [-0.4, -0.2) is 35.8 Å². The summed E-state index contributed by atoms with van der Waals surface area (Å²) in [5.74, 6) is -0.659. The van der Waals surface area contributed by atoms with Gasteiger partial charge in [0.05, 0.1) is 12.5 Å². The highest BCUT2D eigenvalue weighted by atomic mass is 19.1. The maximum atomic E-state index is 13.7. The first-order valence-electron chi connectivity index (χ1n) is 10.5. The standard InChI is InChI=1S/C25H26FN3O2/c1-17-9-10-18(13-22(17)26)15-28-24(30)14-23-25(31)27-11-12-29(23)16-20-7-4-6-19-5-2-3-8-21(19)20/h2-10,13,23H,11-12,14-16H2,1H3,(H,27,31)(H,28,30)/t23-/m0/s1. The van der Waals surface area contributed by atoms with Crippen molar-refractivity contribution in [2.24, 2.45) is 0 Å². The van der Waals surface area contributed by atoms with Gasteiger partial charge in [-0.1, -0.05) is 54.6 Å². The van der Waals surface area contributed by atoms with Crippen LogP contribution in [0.1, 0.15) is 23.1 Å². The second-order valence-electron chi connectivity index (χ2n) is 7.98. The van der Waals surface area contributed by atoms with Crippen LogP contribution < -0.4 is 10.6 Å². The van der Waals surface area contributed by atoms with Gasteiger partial charge in [-0.2, -0.15) is 0 Å². The Labute approximate surface area is 181 Å². The molecule has 3 aromatic rings. The molecule has 1 aliphatic rings. The van der Waals surface area contributed by atoms with Crippen molar-refractivity contribution >= 4 is 22.6 Å². The molecule has 1 fully saturated rings. The van der Waals surface area contributed by atoms with E-state index in [2.05, 4.69) is 39.8 Å². The molecule has 5 nitrogen and oxygen atoms in total. The highest BCUT2D eigenvalue weighted by Crippen LogP contribution is 2.22. The van der Waals surface area contributed by atoms with Crippen LogP contribution in [0.5, 0.6) is 0 Å². The van der Waals surface area contributed by atoms with Crippen LogP contribution in [0, 0.1) is 12.7 Å². The molecular formula is C25H26FN3O2. The van der Waals surface area contributed by atoms with Gasteiger partial charge in [0, 0.05) is 26.2 Å². The Morgan fingerprint density at radius 1 is 1.16 bits per heavy atom. The highest BCUT2D eigenvalue weighted by molar-refractivity contribution is 5.89. The Morgan fingerprint density at radius 3 is 2.81 bits per heavy atom. The summed E-state index contributed by atoms with van der Waals surface area (Å²) < 4.78 is 13.7. The number of amides is 2. The van der Waals surface area contributed by atoms with E-state index in [9.17, 15) is 14.0 Å². The molecule has 2 amide bonds. The monoisotopic (exact) mass is 419 g/mol. The first kappa shape index (κ1) is 21.0. The van der Waals surface area contributed by atoms with Gasteiger partial charge >= 0.3 is 0 Å². The van der Waals surface area contributed by atoms with Crippen LogP contribution in [0.3, 0.4) is 0 Å². The predicted molar refractivity (Wildman–Crippen MR) is 119 cm³/mol. The fourth-order valence-corrected chi connectivity index (χ4v) is 4.02. The van der Waals surface area contributed by atoms with Crippen LogP contribution in [0.25, 0.3) is 10.8 Å². The zero-order valence-electron chi connectivity index (χ0n) is 17.5. The first-order valence-corrected chi connectivity index (χ1v) is 10.5. The molecule has 160 valence electrons. The zero-order valence-corrected chi connectivity index (χ0v) is 17.5. The number of hydrogen-bond acceptors (Lipinski definition) is 3. The van der Waals surface area contributed by atoms with Gasteiger partial charge in [0.2, 0.25) is 11.8 Å². The fraction of sp³-hybridized carbons (Fsp3) is 0.280. The average Bonchev–Trinajstić information content (AvgIpc) is 2.77. The van der Waals surface area contributed by atoms with Crippen LogP contribution in [0.15, 0.2) is 60.7 Å². The summed E-state index contributed by atoms with van der Waals surface area (Å²) in [7, 11) is 0. The lowest BCUT2D eigenvalue weighted by Crippen LogP contribution is -2.56. The van der Waals surface area contributed by atoms with E-state index in [-0.39, 0.29) is 30.6 Å². The Balaban J connectivity index is 1.44. The summed E-state index contributed by atoms with van der Waals surface area (Å²) >= 11 is 0. The number of nitrogens with zero attached hydrogens (tertiary/aromatic N) is 1. The molecule has 3 aromatic carbocycles. The number of nitrogens with one attached hydrogen (secondary N) is 2. The molecule has 0 radical (unpaired) electrons. The van der Waals surface area contributed by atoms with E-state index in [0.717, 1.165) is 16.3 Å². The normalized spacial score (nSPS) is 16.8. The van der Waals surface area contributed by atoms with E-state index < -0.39 is 6.04 Å². The minimum absolute atomic E-state index is 0.0605. The number of halogens is 1. The highest BCUT2D eigenvalue weighted by Gasteiger charge is 2.31. The Hall–Kier alpha value is -3.25. The fourth-order valence-electron chi connectivity index (χ4n) is 4.02. The predicted octanol–water partition coefficient (Wildman–Crippen LogP) is 3.29. The van der Waals surface area contributed by atoms with Gasteiger partial charge in [-0.15, -0.1) is 0 Å². The number of fused-ring (bicyclic) bond motifs is 1. The summed E-state index contributed by atoms with van der Waals surface area (Å²) in [5, 5.41) is 7.99. The topological polar surface area (TPSA) is 61.4 Å². The zero-order chi connectivity index (χ0) is 21.8. The van der Waals surface area contributed by atoms with Crippen LogP contribution >= 0.6 is 0 Å². The molecule has 0 unspecified atom stereocenters. The van der Waals surface area contributed by atoms with Crippen molar-refractivity contribution in [3.8, 4) is 0 Å². The van der Waals surface area contributed by atoms with Crippen LogP contribution in [0.4, 0.5) is 4.39 Å². The quantitative estimate of drug-likeness (QED) is 0.645. The molecule has 0 aliphatic carbocycles. The third-order valence-electron chi connectivity index (χ3n) is 5.80. The number of hydrogen-bond donors (Lipinski definition) is 2. The lowest BCUT2D eigenvalue weighted by Gasteiger charge is -2.35. The van der Waals surface area contributed by atoms with Gasteiger partial charge in [0.15, 0.2) is 0 Å². The summed E-state index contributed by atoms with van der Waals surface area (Å²) in [6, 6.07) is 18.7. The number of benzene rings is 3. The smallest absolute Gasteiger partial charge is 0.237 e. The molecule has 1 aliphatic heterocycles. The van der Waals surface area contributed by atoms with Crippen molar-refractivity contribution < 1.29 is 14.0 Å². The molecule has 1 atom stereocenters. The third-order valence-corrected chi connectivity index (χ3v) is 5.80. The lowest BCUT2D eigenvalue weighted by atomic mass is 10.0. The second-order valence-corrected chi connectivity index (χ2v) is 7.98. The van der Waals surface area contributed by atoms with Gasteiger partial charge in [-0.05, 0) is 40.5 Å². The van der Waals surface area contributed by atoms with Gasteiger partial charge in [0.25, 0.3) is 0 Å². The number of carbonyl (C=O) groups is 2. The minimum atomic E-state index is -0.539. The summed E-state index contributed by atoms with van der Waals surface area (Å²) in [5.41, 5.74) is 2.39. The van der Waals surface area contributed by atoms with E-state index in [1.807, 2.05) is 18.2 Å². The number of rotatable bonds is 6. The van der Waals surface area contributed by atoms with Gasteiger partial charge in [-0.3, -0.25) is 14.5 Å². The van der Waals surface area contributed by atoms with E-state index in [4.69, 9.17) is 0 Å². The van der Waals surface area contributed by atoms with Crippen molar-refractivity contribution in [3.05, 3.63) is 83.2 Å². The number of aryl methyl sites for hydroxylation is 1. The maximum absolute atomic E-state index is 13.7. The Kier molecular flexibility index (Phi) is 6.28. The van der Waals surface area contributed by atoms with E-state index in [1.165, 1.54) is 6.07 Å². The van der Waals surface area contributed by atoms with E-state index >= 15 is 0 Å². The molecule has 6 heteroatoms. The van der Waals surface area contributed by atoms with Crippen LogP contribution in [0.2, 0.25) is 0 Å². The largest absolute Gasteiger partial charge is 0.353 e. The molecule has 0 aromatic heterocycles. The molecule has 2 N–H and O–H groups in total. The van der Waals surface area contributed by atoms with Gasteiger partial charge < -0.3 is 10.6 Å². The Bertz CT molecular complexity index is 1110. The minimum Gasteiger partial charge on any atom is -0.353 e. The molecule has 1 heterocycles. The van der Waals surface area contributed by atoms with Crippen molar-refractivity contribution in [3.63, 3.8) is 0 Å².